The molecule has 0 aliphatic heterocycles. The summed E-state index contributed by atoms with van der Waals surface area (Å²) in [5, 5.41) is 0. The van der Waals surface area contributed by atoms with Crippen LogP contribution in [-0.4, -0.2) is 21.2 Å². The number of pyridine rings is 1. The number of aromatic nitrogens is 2. The van der Waals surface area contributed by atoms with Crippen LogP contribution in [0.3, 0.4) is 0 Å². The van der Waals surface area contributed by atoms with Gasteiger partial charge in [-0.05, 0) is 6.42 Å². The second-order valence-corrected chi connectivity index (χ2v) is 6.36. The van der Waals surface area contributed by atoms with Gasteiger partial charge in [0, 0.05) is 29.4 Å². The number of rotatable bonds is 4. The molecule has 2 rings (SSSR count). The summed E-state index contributed by atoms with van der Waals surface area (Å²) >= 11 is 1.84. The zero-order chi connectivity index (χ0) is 12.5. The summed E-state index contributed by atoms with van der Waals surface area (Å²) in [5.74, 6) is 0.898. The zero-order valence-corrected chi connectivity index (χ0v) is 11.5. The molecule has 2 heterocycles. The number of nitrogens with zero attached hydrogens (tertiary/aromatic N) is 2. The first-order chi connectivity index (χ1) is 8.05. The monoisotopic (exact) mass is 250 g/mol. The van der Waals surface area contributed by atoms with Gasteiger partial charge in [0.15, 0.2) is 0 Å². The van der Waals surface area contributed by atoms with Crippen molar-refractivity contribution >= 4 is 17.4 Å². The highest BCUT2D eigenvalue weighted by Gasteiger charge is 2.19. The largest absolute Gasteiger partial charge is 0.495 e. The quantitative estimate of drug-likeness (QED) is 0.775. The van der Waals surface area contributed by atoms with Gasteiger partial charge in [-0.3, -0.25) is 0 Å². The van der Waals surface area contributed by atoms with Gasteiger partial charge >= 0.3 is 0 Å². The van der Waals surface area contributed by atoms with E-state index in [2.05, 4.69) is 32.0 Å². The molecule has 0 aliphatic carbocycles. The predicted molar refractivity (Wildman–Crippen MR) is 72.0 cm³/mol. The lowest BCUT2D eigenvalue weighted by molar-refractivity contribution is 0.404. The Kier molecular flexibility index (Phi) is 3.33. The van der Waals surface area contributed by atoms with Gasteiger partial charge < -0.3 is 9.14 Å². The van der Waals surface area contributed by atoms with E-state index in [1.807, 2.05) is 28.4 Å². The van der Waals surface area contributed by atoms with Crippen molar-refractivity contribution in [1.29, 1.82) is 0 Å². The Labute approximate surface area is 106 Å². The Morgan fingerprint density at radius 3 is 2.88 bits per heavy atom. The second kappa shape index (κ2) is 4.61. The number of fused-ring (bicyclic) bond motifs is 1. The van der Waals surface area contributed by atoms with Gasteiger partial charge in [0.2, 0.25) is 0 Å². The average Bonchev–Trinajstić information content (AvgIpc) is 2.74. The van der Waals surface area contributed by atoms with E-state index in [-0.39, 0.29) is 4.75 Å². The molecule has 0 saturated carbocycles. The molecule has 92 valence electrons. The molecule has 0 fully saturated rings. The molecular weight excluding hydrogens is 232 g/mol. The second-order valence-electron chi connectivity index (χ2n) is 4.61. The molecule has 0 aromatic carbocycles. The molecule has 2 aromatic rings. The maximum Gasteiger partial charge on any atom is 0.140 e. The van der Waals surface area contributed by atoms with Crippen molar-refractivity contribution in [3.8, 4) is 5.75 Å². The molecule has 3 nitrogen and oxygen atoms in total. The Bertz CT molecular complexity index is 519. The summed E-state index contributed by atoms with van der Waals surface area (Å²) in [7, 11) is 1.71. The van der Waals surface area contributed by atoms with E-state index in [1.54, 1.807) is 13.3 Å². The van der Waals surface area contributed by atoms with Gasteiger partial charge in [-0.1, -0.05) is 20.8 Å². The molecule has 4 heteroatoms. The van der Waals surface area contributed by atoms with E-state index < -0.39 is 0 Å². The lowest BCUT2D eigenvalue weighted by atomic mass is 10.1. The molecule has 0 radical (unpaired) electrons. The minimum atomic E-state index is 0.210. The molecule has 0 saturated heterocycles. The zero-order valence-electron chi connectivity index (χ0n) is 10.7. The molecule has 17 heavy (non-hydrogen) atoms. The highest BCUT2D eigenvalue weighted by Crippen LogP contribution is 2.40. The summed E-state index contributed by atoms with van der Waals surface area (Å²) in [6.45, 7) is 6.69. The van der Waals surface area contributed by atoms with Gasteiger partial charge in [-0.15, -0.1) is 11.8 Å². The molecular formula is C13H18N2OS. The molecule has 0 N–H and O–H groups in total. The number of ether oxygens (including phenoxy) is 1. The summed E-state index contributed by atoms with van der Waals surface area (Å²) in [6.07, 6.45) is 6.96. The van der Waals surface area contributed by atoms with Gasteiger partial charge in [-0.25, -0.2) is 4.98 Å². The van der Waals surface area contributed by atoms with Crippen molar-refractivity contribution in [1.82, 2.24) is 9.38 Å². The fraction of sp³-hybridized carbons (Fsp3) is 0.462. The lowest BCUT2D eigenvalue weighted by Crippen LogP contribution is -2.12. The number of methoxy groups -OCH3 is 1. The highest BCUT2D eigenvalue weighted by atomic mass is 32.2. The predicted octanol–water partition coefficient (Wildman–Crippen LogP) is 3.62. The van der Waals surface area contributed by atoms with E-state index in [0.717, 1.165) is 22.7 Å². The molecule has 0 amide bonds. The van der Waals surface area contributed by atoms with Crippen molar-refractivity contribution < 1.29 is 4.74 Å². The van der Waals surface area contributed by atoms with Gasteiger partial charge in [-0.2, -0.15) is 0 Å². The van der Waals surface area contributed by atoms with Gasteiger partial charge in [0.05, 0.1) is 12.0 Å². The normalized spacial score (nSPS) is 12.0. The van der Waals surface area contributed by atoms with Crippen LogP contribution in [0.4, 0.5) is 0 Å². The van der Waals surface area contributed by atoms with E-state index in [9.17, 15) is 0 Å². The number of imidazole rings is 1. The summed E-state index contributed by atoms with van der Waals surface area (Å²) in [4.78, 5) is 5.42. The Hall–Kier alpha value is -1.16. The van der Waals surface area contributed by atoms with Crippen molar-refractivity contribution in [3.63, 3.8) is 0 Å². The molecule has 0 spiro atoms. The van der Waals surface area contributed by atoms with Crippen LogP contribution < -0.4 is 4.74 Å². The fourth-order valence-electron chi connectivity index (χ4n) is 1.53. The van der Waals surface area contributed by atoms with Crippen LogP contribution in [0.1, 0.15) is 27.2 Å². The Morgan fingerprint density at radius 1 is 1.47 bits per heavy atom. The minimum Gasteiger partial charge on any atom is -0.495 e. The smallest absolute Gasteiger partial charge is 0.140 e. The van der Waals surface area contributed by atoms with Crippen molar-refractivity contribution in [2.45, 2.75) is 36.8 Å². The van der Waals surface area contributed by atoms with Crippen LogP contribution in [-0.2, 0) is 0 Å². The van der Waals surface area contributed by atoms with Crippen molar-refractivity contribution in [3.05, 3.63) is 24.7 Å². The number of thioether (sulfide) groups is 1. The van der Waals surface area contributed by atoms with Crippen LogP contribution in [0.5, 0.6) is 5.75 Å². The molecule has 2 aromatic heterocycles. The molecule has 0 atom stereocenters. The standard InChI is InChI=1S/C13H18N2OS/c1-5-13(2,3)17-11-9-15-7-6-14-12(15)8-10(11)16-4/h6-9H,5H2,1-4H3. The lowest BCUT2D eigenvalue weighted by Gasteiger charge is -2.23. The van der Waals surface area contributed by atoms with Crippen LogP contribution in [0.15, 0.2) is 29.6 Å². The molecule has 0 bridgehead atoms. The SMILES string of the molecule is CCC(C)(C)Sc1cn2ccnc2cc1OC. The molecule has 0 unspecified atom stereocenters. The third-order valence-corrected chi connectivity index (χ3v) is 4.28. The maximum atomic E-state index is 5.44. The van der Waals surface area contributed by atoms with Crippen LogP contribution in [0.25, 0.3) is 5.65 Å². The number of hydrogen-bond donors (Lipinski definition) is 0. The van der Waals surface area contributed by atoms with Crippen molar-refractivity contribution in [2.75, 3.05) is 7.11 Å². The first kappa shape index (κ1) is 12.3. The van der Waals surface area contributed by atoms with Gasteiger partial charge in [0.1, 0.15) is 11.4 Å². The fourth-order valence-corrected chi connectivity index (χ4v) is 2.68. The minimum absolute atomic E-state index is 0.210. The summed E-state index contributed by atoms with van der Waals surface area (Å²) in [6, 6.07) is 1.98. The topological polar surface area (TPSA) is 26.5 Å². The van der Waals surface area contributed by atoms with Crippen LogP contribution in [0, 0.1) is 0 Å². The highest BCUT2D eigenvalue weighted by molar-refractivity contribution is 8.00. The van der Waals surface area contributed by atoms with Crippen molar-refractivity contribution in [2.24, 2.45) is 0 Å². The van der Waals surface area contributed by atoms with E-state index in [0.29, 0.717) is 0 Å². The van der Waals surface area contributed by atoms with E-state index in [1.165, 1.54) is 0 Å². The van der Waals surface area contributed by atoms with E-state index in [4.69, 9.17) is 4.74 Å². The molecule has 0 aliphatic rings. The Balaban J connectivity index is 2.43. The van der Waals surface area contributed by atoms with Crippen LogP contribution >= 0.6 is 11.8 Å². The van der Waals surface area contributed by atoms with Crippen LogP contribution in [0.2, 0.25) is 0 Å². The Morgan fingerprint density at radius 2 is 2.24 bits per heavy atom. The van der Waals surface area contributed by atoms with Gasteiger partial charge in [0.25, 0.3) is 0 Å². The average molecular weight is 250 g/mol. The third-order valence-electron chi connectivity index (χ3n) is 2.92. The summed E-state index contributed by atoms with van der Waals surface area (Å²) in [5.41, 5.74) is 0.917. The van der Waals surface area contributed by atoms with E-state index >= 15 is 0 Å². The summed E-state index contributed by atoms with van der Waals surface area (Å²) < 4.78 is 7.67. The number of hydrogen-bond acceptors (Lipinski definition) is 3. The first-order valence-corrected chi connectivity index (χ1v) is 6.57. The third kappa shape index (κ3) is 2.57. The first-order valence-electron chi connectivity index (χ1n) is 5.75. The maximum absolute atomic E-state index is 5.44.